The van der Waals surface area contributed by atoms with Crippen molar-refractivity contribution in [2.75, 3.05) is 0 Å². The van der Waals surface area contributed by atoms with Crippen LogP contribution in [0.1, 0.15) is 99.9 Å². The third kappa shape index (κ3) is 7.52. The van der Waals surface area contributed by atoms with Crippen molar-refractivity contribution < 1.29 is 0 Å². The number of benzene rings is 12. The highest BCUT2D eigenvalue weighted by molar-refractivity contribution is 5.93. The normalized spacial score (nSPS) is 15.3. The van der Waals surface area contributed by atoms with E-state index in [0.717, 1.165) is 0 Å². The Kier molecular flexibility index (Phi) is 10.8. The van der Waals surface area contributed by atoms with Gasteiger partial charge in [-0.15, -0.1) is 0 Å². The highest BCUT2D eigenvalue weighted by Crippen LogP contribution is 2.56. The Morgan fingerprint density at radius 1 is 0.143 bits per heavy atom. The van der Waals surface area contributed by atoms with Crippen LogP contribution in [0, 0.1) is 0 Å². The fraction of sp³-hybridized carbons (Fsp3) is 0.143. The van der Waals surface area contributed by atoms with Crippen molar-refractivity contribution in [3.05, 3.63) is 299 Å². The van der Waals surface area contributed by atoms with Gasteiger partial charge in [0.05, 0.1) is 0 Å². The molecule has 0 aromatic heterocycles. The van der Waals surface area contributed by atoms with Gasteiger partial charge in [0.25, 0.3) is 0 Å². The van der Waals surface area contributed by atoms with Gasteiger partial charge in [0, 0.05) is 21.7 Å². The van der Waals surface area contributed by atoms with E-state index in [4.69, 9.17) is 0 Å². The minimum atomic E-state index is -0.208. The zero-order valence-corrected chi connectivity index (χ0v) is 49.2. The molecule has 0 radical (unpaired) electrons. The predicted octanol–water partition coefficient (Wildman–Crippen LogP) is 22.6. The number of hydrogen-bond donors (Lipinski definition) is 0. The molecule has 402 valence electrons. The summed E-state index contributed by atoms with van der Waals surface area (Å²) in [5.74, 6) is 0. The summed E-state index contributed by atoms with van der Waals surface area (Å²) in [7, 11) is 0. The minimum absolute atomic E-state index is 0.0729. The first-order valence-electron chi connectivity index (χ1n) is 30.1. The molecule has 0 saturated heterocycles. The Morgan fingerprint density at radius 3 is 0.595 bits per heavy atom. The topological polar surface area (TPSA) is 0 Å². The van der Waals surface area contributed by atoms with Gasteiger partial charge in [-0.3, -0.25) is 0 Å². The molecule has 0 aliphatic heterocycles. The summed E-state index contributed by atoms with van der Waals surface area (Å²) in [5.41, 5.74) is 38.6. The Labute approximate surface area is 495 Å². The maximum atomic E-state index is 2.49. The zero-order chi connectivity index (χ0) is 57.0. The van der Waals surface area contributed by atoms with Gasteiger partial charge < -0.3 is 0 Å². The van der Waals surface area contributed by atoms with Crippen molar-refractivity contribution in [3.8, 4) is 122 Å². The molecule has 0 fully saturated rings. The maximum Gasteiger partial charge on any atom is 0.0159 e. The van der Waals surface area contributed by atoms with Crippen LogP contribution in [0.2, 0.25) is 0 Å². The first-order valence-corrected chi connectivity index (χ1v) is 30.1. The van der Waals surface area contributed by atoms with E-state index in [1.165, 1.54) is 167 Å². The second kappa shape index (κ2) is 18.1. The standard InChI is InChI=1S/C84H66/c1-81(2)73-25-17-15-23-65(73)67-35-29-55(47-75(67)81)61-39-59(51-19-11-9-12-20-51)41-63(43-61)57-31-37-71-69-33-27-53(45-77(69)83(5,6)79(71)49-57)54-28-34-70-72-38-32-58(50-80(72)84(7,8)78(70)46-54)64-42-60(52-21-13-10-14-22-52)40-62(44-64)56-30-36-68-66-24-16-18-26-74(66)82(3,4)76(68)48-56/h9-50H,1-8H3. The van der Waals surface area contributed by atoms with Gasteiger partial charge in [0.15, 0.2) is 0 Å². The lowest BCUT2D eigenvalue weighted by Gasteiger charge is -2.24. The molecule has 0 unspecified atom stereocenters. The van der Waals surface area contributed by atoms with Crippen LogP contribution >= 0.6 is 0 Å². The van der Waals surface area contributed by atoms with Crippen molar-refractivity contribution in [1.29, 1.82) is 0 Å². The molecule has 0 heterocycles. The molecular formula is C84H66. The second-order valence-corrected chi connectivity index (χ2v) is 26.5. The quantitative estimate of drug-likeness (QED) is 0.149. The predicted molar refractivity (Wildman–Crippen MR) is 355 cm³/mol. The van der Waals surface area contributed by atoms with E-state index in [2.05, 4.69) is 310 Å². The van der Waals surface area contributed by atoms with Gasteiger partial charge in [-0.2, -0.15) is 0 Å². The Balaban J connectivity index is 0.722. The summed E-state index contributed by atoms with van der Waals surface area (Å²) in [4.78, 5) is 0. The lowest BCUT2D eigenvalue weighted by atomic mass is 9.79. The number of rotatable bonds is 7. The van der Waals surface area contributed by atoms with E-state index in [1.54, 1.807) is 0 Å². The van der Waals surface area contributed by atoms with Gasteiger partial charge >= 0.3 is 0 Å². The van der Waals surface area contributed by atoms with Crippen molar-refractivity contribution in [1.82, 2.24) is 0 Å². The molecular weight excluding hydrogens is 1010 g/mol. The molecule has 0 amide bonds. The second-order valence-electron chi connectivity index (χ2n) is 26.5. The van der Waals surface area contributed by atoms with Crippen LogP contribution in [0.4, 0.5) is 0 Å². The lowest BCUT2D eigenvalue weighted by molar-refractivity contribution is 0.660. The molecule has 4 aliphatic rings. The summed E-state index contributed by atoms with van der Waals surface area (Å²) < 4.78 is 0. The minimum Gasteiger partial charge on any atom is -0.0622 e. The molecule has 0 heteroatoms. The van der Waals surface area contributed by atoms with E-state index in [9.17, 15) is 0 Å². The van der Waals surface area contributed by atoms with Crippen LogP contribution in [0.5, 0.6) is 0 Å². The largest absolute Gasteiger partial charge is 0.0622 e. The lowest BCUT2D eigenvalue weighted by Crippen LogP contribution is -2.15. The summed E-state index contributed by atoms with van der Waals surface area (Å²) in [6.45, 7) is 19.2. The molecule has 4 aliphatic carbocycles. The number of hydrogen-bond acceptors (Lipinski definition) is 0. The van der Waals surface area contributed by atoms with Crippen LogP contribution < -0.4 is 0 Å². The van der Waals surface area contributed by atoms with E-state index in [0.29, 0.717) is 0 Å². The van der Waals surface area contributed by atoms with Gasteiger partial charge in [-0.25, -0.2) is 0 Å². The van der Waals surface area contributed by atoms with E-state index in [1.807, 2.05) is 0 Å². The Hall–Kier alpha value is -9.36. The van der Waals surface area contributed by atoms with Crippen LogP contribution in [-0.2, 0) is 21.7 Å². The van der Waals surface area contributed by atoms with E-state index >= 15 is 0 Å². The van der Waals surface area contributed by atoms with E-state index < -0.39 is 0 Å². The van der Waals surface area contributed by atoms with E-state index in [-0.39, 0.29) is 21.7 Å². The third-order valence-corrected chi connectivity index (χ3v) is 20.3. The first-order chi connectivity index (χ1) is 40.6. The van der Waals surface area contributed by atoms with Gasteiger partial charge in [0.1, 0.15) is 0 Å². The summed E-state index contributed by atoms with van der Waals surface area (Å²) >= 11 is 0. The third-order valence-electron chi connectivity index (χ3n) is 20.3. The SMILES string of the molecule is CC1(C)c2ccccc2-c2ccc(-c3cc(-c4ccccc4)cc(-c4ccc5c(c4)C(C)(C)c4cc(-c6ccc7c(c6)C(C)(C)c6cc(-c8cc(-c9ccccc9)cc(-c9ccc%10c(c9)C(C)(C)c9ccccc9-%10)c8)ccc6-7)ccc4-5)c3)cc21. The van der Waals surface area contributed by atoms with Crippen molar-refractivity contribution >= 4 is 0 Å². The van der Waals surface area contributed by atoms with Crippen LogP contribution in [0.25, 0.3) is 122 Å². The highest BCUT2D eigenvalue weighted by Gasteiger charge is 2.40. The van der Waals surface area contributed by atoms with Gasteiger partial charge in [0.2, 0.25) is 0 Å². The Morgan fingerprint density at radius 2 is 0.333 bits per heavy atom. The van der Waals surface area contributed by atoms with Crippen molar-refractivity contribution in [3.63, 3.8) is 0 Å². The molecule has 16 rings (SSSR count). The fourth-order valence-electron chi connectivity index (χ4n) is 15.5. The molecule has 0 saturated carbocycles. The molecule has 0 nitrogen and oxygen atoms in total. The highest BCUT2D eigenvalue weighted by atomic mass is 14.4. The summed E-state index contributed by atoms with van der Waals surface area (Å²) in [5, 5.41) is 0. The average molecular weight is 1080 g/mol. The molecule has 12 aromatic rings. The molecule has 0 atom stereocenters. The van der Waals surface area contributed by atoms with Gasteiger partial charge in [-0.05, 0) is 240 Å². The average Bonchev–Trinajstić information content (AvgIpc) is 1.81. The maximum absolute atomic E-state index is 2.49. The van der Waals surface area contributed by atoms with Crippen LogP contribution in [-0.4, -0.2) is 0 Å². The molecule has 12 aromatic carbocycles. The first kappa shape index (κ1) is 50.4. The fourth-order valence-corrected chi connectivity index (χ4v) is 15.5. The molecule has 0 spiro atoms. The smallest absolute Gasteiger partial charge is 0.0159 e. The number of fused-ring (bicyclic) bond motifs is 12. The monoisotopic (exact) mass is 1070 g/mol. The zero-order valence-electron chi connectivity index (χ0n) is 49.2. The van der Waals surface area contributed by atoms with Crippen molar-refractivity contribution in [2.45, 2.75) is 77.0 Å². The van der Waals surface area contributed by atoms with Gasteiger partial charge in [-0.1, -0.05) is 237 Å². The molecule has 0 N–H and O–H groups in total. The molecule has 84 heavy (non-hydrogen) atoms. The Bertz CT molecular complexity index is 4440. The van der Waals surface area contributed by atoms with Crippen LogP contribution in [0.3, 0.4) is 0 Å². The van der Waals surface area contributed by atoms with Crippen LogP contribution in [0.15, 0.2) is 255 Å². The summed E-state index contributed by atoms with van der Waals surface area (Å²) in [6.07, 6.45) is 0. The van der Waals surface area contributed by atoms with Crippen molar-refractivity contribution in [2.24, 2.45) is 0 Å². The summed E-state index contributed by atoms with van der Waals surface area (Å²) in [6, 6.07) is 97.2. The molecule has 0 bridgehead atoms.